The summed E-state index contributed by atoms with van der Waals surface area (Å²) in [5.74, 6) is 1.87. The number of imidazole rings is 2. The Kier molecular flexibility index (Phi) is 5.24. The summed E-state index contributed by atoms with van der Waals surface area (Å²) in [6.07, 6.45) is 0. The van der Waals surface area contributed by atoms with Gasteiger partial charge in [0.25, 0.3) is 0 Å². The minimum atomic E-state index is 0. The summed E-state index contributed by atoms with van der Waals surface area (Å²) in [7, 11) is 2.17. The van der Waals surface area contributed by atoms with Crippen LogP contribution in [0, 0.1) is 0 Å². The number of nitrogens with one attached hydrogen (secondary N) is 2. The number of hydrogen-bond donors (Lipinski definition) is 3. The molecule has 0 bridgehead atoms. The largest absolute Gasteiger partial charge is 0.508 e. The smallest absolute Gasteiger partial charge is 0.138 e. The maximum atomic E-state index is 9.52. The Morgan fingerprint density at radius 1 is 0.727 bits per heavy atom. The number of H-pyrrole nitrogens is 2. The highest BCUT2D eigenvalue weighted by Crippen LogP contribution is 2.28. The SMILES string of the molecule is CN1CCN(c2ccc3nc(-c4ccc5nc(-c6ccc(O)cc6)[nH]c5c4)[nH]c3c2)CC1.O. The Balaban J connectivity index is 0.00000228. The van der Waals surface area contributed by atoms with Gasteiger partial charge in [-0.3, -0.25) is 0 Å². The van der Waals surface area contributed by atoms with Crippen molar-refractivity contribution < 1.29 is 10.6 Å². The van der Waals surface area contributed by atoms with Crippen molar-refractivity contribution in [2.45, 2.75) is 0 Å². The summed E-state index contributed by atoms with van der Waals surface area (Å²) in [6, 6.07) is 19.6. The second-order valence-corrected chi connectivity index (χ2v) is 8.44. The zero-order valence-corrected chi connectivity index (χ0v) is 18.3. The highest BCUT2D eigenvalue weighted by molar-refractivity contribution is 5.87. The lowest BCUT2D eigenvalue weighted by atomic mass is 10.2. The van der Waals surface area contributed by atoms with Crippen LogP contribution in [0.15, 0.2) is 60.7 Å². The molecular formula is C25H26N6O2. The Morgan fingerprint density at radius 2 is 1.30 bits per heavy atom. The number of aromatic nitrogens is 4. The summed E-state index contributed by atoms with van der Waals surface area (Å²) < 4.78 is 0. The van der Waals surface area contributed by atoms with Crippen molar-refractivity contribution in [3.63, 3.8) is 0 Å². The van der Waals surface area contributed by atoms with E-state index in [1.54, 1.807) is 12.1 Å². The molecule has 5 aromatic rings. The molecule has 1 saturated heterocycles. The van der Waals surface area contributed by atoms with Crippen LogP contribution >= 0.6 is 0 Å². The Hall–Kier alpha value is -3.88. The van der Waals surface area contributed by atoms with E-state index in [-0.39, 0.29) is 11.2 Å². The molecule has 1 fully saturated rings. The second-order valence-electron chi connectivity index (χ2n) is 8.44. The van der Waals surface area contributed by atoms with Gasteiger partial charge >= 0.3 is 0 Å². The van der Waals surface area contributed by atoms with E-state index in [1.165, 1.54) is 5.69 Å². The molecule has 8 nitrogen and oxygen atoms in total. The van der Waals surface area contributed by atoms with Crippen molar-refractivity contribution in [2.75, 3.05) is 38.1 Å². The average molecular weight is 443 g/mol. The molecule has 3 heterocycles. The van der Waals surface area contributed by atoms with Crippen molar-refractivity contribution in [1.82, 2.24) is 24.8 Å². The summed E-state index contributed by atoms with van der Waals surface area (Å²) >= 11 is 0. The van der Waals surface area contributed by atoms with E-state index in [9.17, 15) is 5.11 Å². The summed E-state index contributed by atoms with van der Waals surface area (Å²) in [4.78, 5) is 21.2. The zero-order valence-electron chi connectivity index (χ0n) is 18.3. The first kappa shape index (κ1) is 21.0. The molecule has 168 valence electrons. The predicted octanol–water partition coefficient (Wildman–Crippen LogP) is 3.41. The van der Waals surface area contributed by atoms with Gasteiger partial charge in [0.1, 0.15) is 17.4 Å². The van der Waals surface area contributed by atoms with Gasteiger partial charge in [0.2, 0.25) is 0 Å². The van der Waals surface area contributed by atoms with E-state index in [2.05, 4.69) is 56.1 Å². The van der Waals surface area contributed by atoms with Gasteiger partial charge in [-0.1, -0.05) is 0 Å². The average Bonchev–Trinajstić information content (AvgIpc) is 3.43. The molecule has 0 spiro atoms. The molecule has 1 aliphatic heterocycles. The van der Waals surface area contributed by atoms with E-state index in [0.717, 1.165) is 71.0 Å². The third-order valence-corrected chi connectivity index (χ3v) is 6.23. The first-order chi connectivity index (χ1) is 15.6. The van der Waals surface area contributed by atoms with Crippen LogP contribution in [0.5, 0.6) is 5.75 Å². The molecule has 0 radical (unpaired) electrons. The number of benzene rings is 3. The molecule has 6 rings (SSSR count). The first-order valence-corrected chi connectivity index (χ1v) is 10.9. The monoisotopic (exact) mass is 442 g/mol. The number of aromatic amines is 2. The highest BCUT2D eigenvalue weighted by Gasteiger charge is 2.16. The van der Waals surface area contributed by atoms with Crippen molar-refractivity contribution in [1.29, 1.82) is 0 Å². The molecule has 0 atom stereocenters. The van der Waals surface area contributed by atoms with Gasteiger partial charge in [0.05, 0.1) is 22.1 Å². The number of rotatable bonds is 3. The molecule has 2 aromatic heterocycles. The number of aromatic hydroxyl groups is 1. The number of hydrogen-bond acceptors (Lipinski definition) is 5. The van der Waals surface area contributed by atoms with Gasteiger partial charge < -0.3 is 30.4 Å². The fraction of sp³-hybridized carbons (Fsp3) is 0.200. The fourth-order valence-corrected chi connectivity index (χ4v) is 4.31. The maximum Gasteiger partial charge on any atom is 0.138 e. The molecule has 0 unspecified atom stereocenters. The van der Waals surface area contributed by atoms with Crippen LogP contribution in [0.4, 0.5) is 5.69 Å². The van der Waals surface area contributed by atoms with Gasteiger partial charge in [0.15, 0.2) is 0 Å². The molecule has 3 aromatic carbocycles. The quantitative estimate of drug-likeness (QED) is 0.396. The van der Waals surface area contributed by atoms with Gasteiger partial charge in [-0.2, -0.15) is 0 Å². The third-order valence-electron chi connectivity index (χ3n) is 6.23. The zero-order chi connectivity index (χ0) is 21.7. The van der Waals surface area contributed by atoms with Gasteiger partial charge in [-0.25, -0.2) is 9.97 Å². The summed E-state index contributed by atoms with van der Waals surface area (Å²) in [6.45, 7) is 4.26. The van der Waals surface area contributed by atoms with E-state index >= 15 is 0 Å². The number of phenolic OH excluding ortho intramolecular Hbond substituents is 1. The van der Waals surface area contributed by atoms with E-state index in [4.69, 9.17) is 4.98 Å². The molecular weight excluding hydrogens is 416 g/mol. The van der Waals surface area contributed by atoms with Crippen molar-refractivity contribution >= 4 is 27.8 Å². The number of fused-ring (bicyclic) bond motifs is 2. The third kappa shape index (κ3) is 3.90. The minimum Gasteiger partial charge on any atom is -0.508 e. The number of anilines is 1. The minimum absolute atomic E-state index is 0. The molecule has 1 aliphatic rings. The van der Waals surface area contributed by atoms with Crippen LogP contribution in [-0.4, -0.2) is 68.6 Å². The molecule has 0 aliphatic carbocycles. The van der Waals surface area contributed by atoms with Gasteiger partial charge in [0, 0.05) is 43.0 Å². The number of phenols is 1. The van der Waals surface area contributed by atoms with Crippen LogP contribution < -0.4 is 4.90 Å². The van der Waals surface area contributed by atoms with E-state index < -0.39 is 0 Å². The predicted molar refractivity (Wildman–Crippen MR) is 132 cm³/mol. The summed E-state index contributed by atoms with van der Waals surface area (Å²) in [5.41, 5.74) is 7.03. The van der Waals surface area contributed by atoms with Crippen LogP contribution in [0.1, 0.15) is 0 Å². The number of piperazine rings is 1. The molecule has 0 saturated carbocycles. The van der Waals surface area contributed by atoms with Gasteiger partial charge in [-0.15, -0.1) is 0 Å². The second kappa shape index (κ2) is 8.23. The first-order valence-electron chi connectivity index (χ1n) is 10.9. The number of likely N-dealkylation sites (N-methyl/N-ethyl adjacent to an activating group) is 1. The normalized spacial score (nSPS) is 14.6. The molecule has 5 N–H and O–H groups in total. The number of nitrogens with zero attached hydrogens (tertiary/aromatic N) is 4. The van der Waals surface area contributed by atoms with Crippen LogP contribution in [0.3, 0.4) is 0 Å². The van der Waals surface area contributed by atoms with Crippen LogP contribution in [0.25, 0.3) is 44.8 Å². The van der Waals surface area contributed by atoms with E-state index in [1.807, 2.05) is 24.3 Å². The lowest BCUT2D eigenvalue weighted by Crippen LogP contribution is -2.44. The fourth-order valence-electron chi connectivity index (χ4n) is 4.31. The highest BCUT2D eigenvalue weighted by atomic mass is 16.3. The van der Waals surface area contributed by atoms with E-state index in [0.29, 0.717) is 0 Å². The molecule has 8 heteroatoms. The Labute approximate surface area is 190 Å². The maximum absolute atomic E-state index is 9.52. The standard InChI is InChI=1S/C25H24N6O.H2O/c1-30-10-12-31(13-11-30)18-5-9-21-23(15-18)29-25(27-21)17-4-8-20-22(14-17)28-24(26-20)16-2-6-19(32)7-3-16;/h2-9,14-15,32H,10-13H2,1H3,(H,26,28)(H,27,29);1H2. The van der Waals surface area contributed by atoms with Crippen molar-refractivity contribution in [3.05, 3.63) is 60.7 Å². The molecule has 33 heavy (non-hydrogen) atoms. The van der Waals surface area contributed by atoms with Crippen LogP contribution in [0.2, 0.25) is 0 Å². The van der Waals surface area contributed by atoms with Crippen molar-refractivity contribution in [3.8, 4) is 28.5 Å². The van der Waals surface area contributed by atoms with Crippen molar-refractivity contribution in [2.24, 2.45) is 0 Å². The van der Waals surface area contributed by atoms with Gasteiger partial charge in [-0.05, 0) is 67.7 Å². The Bertz CT molecular complexity index is 1410. The topological polar surface area (TPSA) is 116 Å². The molecule has 0 amide bonds. The lowest BCUT2D eigenvalue weighted by molar-refractivity contribution is 0.313. The van der Waals surface area contributed by atoms with Crippen LogP contribution in [-0.2, 0) is 0 Å². The lowest BCUT2D eigenvalue weighted by Gasteiger charge is -2.34. The summed E-state index contributed by atoms with van der Waals surface area (Å²) in [5, 5.41) is 9.52. The Morgan fingerprint density at radius 3 is 2.00 bits per heavy atom.